The highest BCUT2D eigenvalue weighted by atomic mass is 14.3. The molecule has 0 spiro atoms. The van der Waals surface area contributed by atoms with Gasteiger partial charge in [-0.3, -0.25) is 0 Å². The van der Waals surface area contributed by atoms with Gasteiger partial charge in [0.2, 0.25) is 0 Å². The molecular formula is C66H78. The molecule has 66 heavy (non-hydrogen) atoms. The van der Waals surface area contributed by atoms with Crippen LogP contribution >= 0.6 is 0 Å². The lowest BCUT2D eigenvalue weighted by Gasteiger charge is -2.32. The zero-order valence-corrected chi connectivity index (χ0v) is 43.4. The third kappa shape index (κ3) is 8.41. The molecule has 0 heterocycles. The molecule has 6 aromatic rings. The van der Waals surface area contributed by atoms with Crippen molar-refractivity contribution in [3.8, 4) is 33.4 Å². The van der Waals surface area contributed by atoms with Gasteiger partial charge in [-0.05, 0) is 202 Å². The standard InChI is InChI=1S/C66H78/c1-37(2)49-33-57(39(5)6)65(58(34-49)40(7)8)53-29-21-27-51(43(53)13)61-31-47-23-17-19-25-55(47)63(45(61)15)64-46(16)62(32-48-24-18-20-26-56(48)64)52-28-22-30-54(44(52)14)66-59(41(9)10)35-50(38(3)4)36-60(66)42(11)12/h17,19,21-42,45,61H,18,20H2,1-16H3/t45-,61?/m1/s1. The lowest BCUT2D eigenvalue weighted by atomic mass is 9.71. The fourth-order valence-corrected chi connectivity index (χ4v) is 11.7. The van der Waals surface area contributed by atoms with Gasteiger partial charge < -0.3 is 0 Å². The van der Waals surface area contributed by atoms with E-state index in [1.807, 2.05) is 0 Å². The first-order valence-corrected chi connectivity index (χ1v) is 25.6. The molecule has 0 radical (unpaired) electrons. The number of rotatable bonds is 11. The molecule has 0 aliphatic heterocycles. The molecule has 1 unspecified atom stereocenters. The van der Waals surface area contributed by atoms with Crippen molar-refractivity contribution in [2.45, 2.75) is 165 Å². The Labute approximate surface area is 399 Å². The van der Waals surface area contributed by atoms with E-state index in [9.17, 15) is 0 Å². The molecule has 342 valence electrons. The lowest BCUT2D eigenvalue weighted by molar-refractivity contribution is 0.670. The third-order valence-corrected chi connectivity index (χ3v) is 15.6. The fraction of sp³-hybridized carbons (Fsp3) is 0.394. The summed E-state index contributed by atoms with van der Waals surface area (Å²) in [6, 6.07) is 36.1. The van der Waals surface area contributed by atoms with Crippen LogP contribution in [0.1, 0.15) is 205 Å². The highest BCUT2D eigenvalue weighted by Gasteiger charge is 2.31. The predicted octanol–water partition coefficient (Wildman–Crippen LogP) is 16.1. The third-order valence-electron chi connectivity index (χ3n) is 15.6. The van der Waals surface area contributed by atoms with E-state index in [-0.39, 0.29) is 11.8 Å². The number of hydrogen-bond acceptors (Lipinski definition) is 0. The highest BCUT2D eigenvalue weighted by Crippen LogP contribution is 2.46. The van der Waals surface area contributed by atoms with Crippen molar-refractivity contribution in [3.05, 3.63) is 173 Å². The van der Waals surface area contributed by atoms with Gasteiger partial charge >= 0.3 is 0 Å². The molecule has 0 fully saturated rings. The van der Waals surface area contributed by atoms with E-state index in [1.54, 1.807) is 0 Å². The summed E-state index contributed by atoms with van der Waals surface area (Å²) in [6.45, 7) is 38.1. The monoisotopic (exact) mass is 871 g/mol. The SMILES string of the molecule is Cc1c(-c2cc3c(c(C4=c5ccccc5=CC(c5cccc(-c6c(C(C)C)cc(C(C)C)cc6C(C)C)c5C)[C@H]4C)c2C)=CCCC=3)cccc1-c1c(C(C)C)cc(C(C)C)cc1C(C)C. The lowest BCUT2D eigenvalue weighted by Crippen LogP contribution is -2.40. The van der Waals surface area contributed by atoms with Gasteiger partial charge in [0.15, 0.2) is 0 Å². The molecule has 2 aliphatic rings. The van der Waals surface area contributed by atoms with E-state index in [4.69, 9.17) is 0 Å². The summed E-state index contributed by atoms with van der Waals surface area (Å²) in [5, 5.41) is 5.52. The summed E-state index contributed by atoms with van der Waals surface area (Å²) in [5.41, 5.74) is 25.7. The minimum Gasteiger partial charge on any atom is -0.0763 e. The average molecular weight is 871 g/mol. The van der Waals surface area contributed by atoms with Crippen molar-refractivity contribution >= 4 is 23.8 Å². The molecule has 2 aliphatic carbocycles. The molecule has 8 rings (SSSR count). The Balaban J connectivity index is 1.36. The van der Waals surface area contributed by atoms with E-state index in [0.717, 1.165) is 12.8 Å². The molecule has 6 aromatic carbocycles. The summed E-state index contributed by atoms with van der Waals surface area (Å²) in [6.07, 6.45) is 9.81. The Morgan fingerprint density at radius 1 is 0.424 bits per heavy atom. The van der Waals surface area contributed by atoms with Crippen molar-refractivity contribution in [2.75, 3.05) is 0 Å². The van der Waals surface area contributed by atoms with Crippen LogP contribution in [0.2, 0.25) is 0 Å². The average Bonchev–Trinajstić information content (AvgIpc) is 3.28. The van der Waals surface area contributed by atoms with Gasteiger partial charge in [-0.2, -0.15) is 0 Å². The van der Waals surface area contributed by atoms with Crippen molar-refractivity contribution < 1.29 is 0 Å². The van der Waals surface area contributed by atoms with Crippen LogP contribution in [0.4, 0.5) is 0 Å². The van der Waals surface area contributed by atoms with E-state index in [2.05, 4.69) is 220 Å². The van der Waals surface area contributed by atoms with Gasteiger partial charge in [0.1, 0.15) is 0 Å². The molecular weight excluding hydrogens is 793 g/mol. The Bertz CT molecular complexity index is 3030. The zero-order valence-electron chi connectivity index (χ0n) is 43.4. The maximum atomic E-state index is 2.60. The predicted molar refractivity (Wildman–Crippen MR) is 290 cm³/mol. The van der Waals surface area contributed by atoms with Crippen LogP contribution in [0.25, 0.3) is 57.2 Å². The van der Waals surface area contributed by atoms with Gasteiger partial charge in [0, 0.05) is 5.92 Å². The van der Waals surface area contributed by atoms with E-state index >= 15 is 0 Å². The van der Waals surface area contributed by atoms with Gasteiger partial charge in [0.05, 0.1) is 0 Å². The molecule has 0 saturated carbocycles. The molecule has 0 N–H and O–H groups in total. The maximum absolute atomic E-state index is 2.60. The summed E-state index contributed by atoms with van der Waals surface area (Å²) < 4.78 is 0. The fourth-order valence-electron chi connectivity index (χ4n) is 11.7. The minimum absolute atomic E-state index is 0.212. The summed E-state index contributed by atoms with van der Waals surface area (Å²) in [4.78, 5) is 0. The van der Waals surface area contributed by atoms with Crippen molar-refractivity contribution in [1.29, 1.82) is 0 Å². The van der Waals surface area contributed by atoms with E-state index in [1.165, 1.54) is 121 Å². The van der Waals surface area contributed by atoms with Crippen LogP contribution in [0.5, 0.6) is 0 Å². The normalized spacial score (nSPS) is 16.0. The van der Waals surface area contributed by atoms with Crippen molar-refractivity contribution in [1.82, 2.24) is 0 Å². The highest BCUT2D eigenvalue weighted by molar-refractivity contribution is 5.87. The largest absolute Gasteiger partial charge is 0.0763 e. The van der Waals surface area contributed by atoms with Gasteiger partial charge in [-0.1, -0.05) is 193 Å². The Hall–Kier alpha value is -5.20. The van der Waals surface area contributed by atoms with Crippen LogP contribution in [0, 0.1) is 26.7 Å². The van der Waals surface area contributed by atoms with Gasteiger partial charge in [0.25, 0.3) is 0 Å². The van der Waals surface area contributed by atoms with E-state index < -0.39 is 0 Å². The van der Waals surface area contributed by atoms with Crippen LogP contribution in [0.15, 0.2) is 91.0 Å². The molecule has 2 atom stereocenters. The van der Waals surface area contributed by atoms with Crippen molar-refractivity contribution in [2.24, 2.45) is 5.92 Å². The topological polar surface area (TPSA) is 0 Å². The minimum atomic E-state index is 0.212. The van der Waals surface area contributed by atoms with Gasteiger partial charge in [-0.15, -0.1) is 0 Å². The first-order valence-electron chi connectivity index (χ1n) is 25.6. The number of fused-ring (bicyclic) bond motifs is 2. The molecule has 0 heteroatoms. The maximum Gasteiger partial charge on any atom is 0.00965 e. The Morgan fingerprint density at radius 3 is 1.44 bits per heavy atom. The summed E-state index contributed by atoms with van der Waals surface area (Å²) in [7, 11) is 0. The summed E-state index contributed by atoms with van der Waals surface area (Å²) in [5.74, 6) is 3.10. The number of hydrogen-bond donors (Lipinski definition) is 0. The molecule has 0 aromatic heterocycles. The first-order chi connectivity index (χ1) is 31.4. The number of benzene rings is 6. The zero-order chi connectivity index (χ0) is 47.5. The second kappa shape index (κ2) is 18.8. The summed E-state index contributed by atoms with van der Waals surface area (Å²) >= 11 is 0. The van der Waals surface area contributed by atoms with Crippen LogP contribution < -0.4 is 20.9 Å². The van der Waals surface area contributed by atoms with E-state index in [0.29, 0.717) is 35.5 Å². The van der Waals surface area contributed by atoms with Crippen molar-refractivity contribution in [3.63, 3.8) is 0 Å². The van der Waals surface area contributed by atoms with Crippen LogP contribution in [-0.2, 0) is 0 Å². The Morgan fingerprint density at radius 2 is 0.909 bits per heavy atom. The molecule has 0 nitrogen and oxygen atoms in total. The quantitative estimate of drug-likeness (QED) is 0.122. The van der Waals surface area contributed by atoms with Gasteiger partial charge in [-0.25, -0.2) is 0 Å². The molecule has 0 bridgehead atoms. The Kier molecular flexibility index (Phi) is 13.5. The molecule has 0 saturated heterocycles. The van der Waals surface area contributed by atoms with Crippen LogP contribution in [-0.4, -0.2) is 0 Å². The van der Waals surface area contributed by atoms with Crippen LogP contribution in [0.3, 0.4) is 0 Å². The second-order valence-electron chi connectivity index (χ2n) is 22.0. The molecule has 0 amide bonds. The second-order valence-corrected chi connectivity index (χ2v) is 22.0. The smallest absolute Gasteiger partial charge is 0.00965 e. The first kappa shape index (κ1) is 47.3.